The normalized spacial score (nSPS) is 20.7. The highest BCUT2D eigenvalue weighted by atomic mass is 32.2. The molecule has 0 unspecified atom stereocenters. The fraction of sp³-hybridized carbons (Fsp3) is 0.600. The summed E-state index contributed by atoms with van der Waals surface area (Å²) in [5.41, 5.74) is -0.0210. The molecular weight excluding hydrogens is 350 g/mol. The SMILES string of the molecule is NS(=O)(=O)c1ccc(NCC2CCC3(CC2)OCCO3)c([N+](=O)[O-])c1. The Morgan fingerprint density at radius 3 is 2.48 bits per heavy atom. The van der Waals surface area contributed by atoms with Gasteiger partial charge in [0, 0.05) is 25.5 Å². The van der Waals surface area contributed by atoms with Crippen molar-refractivity contribution in [2.75, 3.05) is 25.1 Å². The van der Waals surface area contributed by atoms with Crippen molar-refractivity contribution in [1.29, 1.82) is 0 Å². The van der Waals surface area contributed by atoms with E-state index in [1.165, 1.54) is 12.1 Å². The van der Waals surface area contributed by atoms with Gasteiger partial charge in [0.15, 0.2) is 5.79 Å². The molecule has 1 aliphatic heterocycles. The molecule has 1 heterocycles. The monoisotopic (exact) mass is 371 g/mol. The molecule has 1 saturated heterocycles. The molecule has 1 aromatic rings. The van der Waals surface area contributed by atoms with Crippen molar-refractivity contribution >= 4 is 21.4 Å². The van der Waals surface area contributed by atoms with Crippen molar-refractivity contribution in [2.45, 2.75) is 36.4 Å². The maximum atomic E-state index is 11.4. The van der Waals surface area contributed by atoms with Crippen LogP contribution >= 0.6 is 0 Å². The Kier molecular flexibility index (Phi) is 4.96. The molecule has 25 heavy (non-hydrogen) atoms. The number of nitro groups is 1. The van der Waals surface area contributed by atoms with E-state index in [1.807, 2.05) is 0 Å². The van der Waals surface area contributed by atoms with Crippen LogP contribution in [-0.2, 0) is 19.5 Å². The van der Waals surface area contributed by atoms with Crippen LogP contribution in [0.15, 0.2) is 23.1 Å². The summed E-state index contributed by atoms with van der Waals surface area (Å²) in [7, 11) is -3.98. The second-order valence-corrected chi connectivity index (χ2v) is 7.97. The third kappa shape index (κ3) is 4.09. The van der Waals surface area contributed by atoms with Crippen molar-refractivity contribution in [1.82, 2.24) is 0 Å². The minimum absolute atomic E-state index is 0.278. The van der Waals surface area contributed by atoms with Crippen LogP contribution in [0.1, 0.15) is 25.7 Å². The predicted octanol–water partition coefficient (Wildman–Crippen LogP) is 1.59. The lowest BCUT2D eigenvalue weighted by molar-refractivity contribution is -0.384. The Balaban J connectivity index is 1.64. The number of benzene rings is 1. The molecule has 2 aliphatic rings. The molecule has 2 fully saturated rings. The van der Waals surface area contributed by atoms with E-state index in [0.29, 0.717) is 25.7 Å². The van der Waals surface area contributed by atoms with Crippen molar-refractivity contribution in [2.24, 2.45) is 11.1 Å². The standard InChI is InChI=1S/C15H21N3O6S/c16-25(21,22)12-1-2-13(14(9-12)18(19)20)17-10-11-3-5-15(6-4-11)23-7-8-24-15/h1-2,9,11,17H,3-8,10H2,(H2,16,21,22). The fourth-order valence-electron chi connectivity index (χ4n) is 3.35. The van der Waals surface area contributed by atoms with E-state index in [4.69, 9.17) is 14.6 Å². The summed E-state index contributed by atoms with van der Waals surface area (Å²) in [6.45, 7) is 1.82. The van der Waals surface area contributed by atoms with Gasteiger partial charge in [0.1, 0.15) is 5.69 Å². The average Bonchev–Trinajstić information content (AvgIpc) is 3.01. The molecule has 9 nitrogen and oxygen atoms in total. The van der Waals surface area contributed by atoms with Crippen molar-refractivity contribution in [3.05, 3.63) is 28.3 Å². The van der Waals surface area contributed by atoms with E-state index >= 15 is 0 Å². The number of hydrogen-bond donors (Lipinski definition) is 2. The predicted molar refractivity (Wildman–Crippen MR) is 89.6 cm³/mol. The lowest BCUT2D eigenvalue weighted by Gasteiger charge is -2.35. The van der Waals surface area contributed by atoms with Crippen LogP contribution in [0.4, 0.5) is 11.4 Å². The first-order valence-electron chi connectivity index (χ1n) is 8.12. The second kappa shape index (κ2) is 6.87. The summed E-state index contributed by atoms with van der Waals surface area (Å²) < 4.78 is 34.1. The first-order chi connectivity index (χ1) is 11.8. The van der Waals surface area contributed by atoms with Crippen molar-refractivity contribution in [3.63, 3.8) is 0 Å². The Labute approximate surface area is 145 Å². The third-order valence-corrected chi connectivity index (χ3v) is 5.67. The summed E-state index contributed by atoms with van der Waals surface area (Å²) >= 11 is 0. The molecule has 3 N–H and O–H groups in total. The molecule has 1 saturated carbocycles. The van der Waals surface area contributed by atoms with Crippen LogP contribution in [0.5, 0.6) is 0 Å². The Morgan fingerprint density at radius 2 is 1.92 bits per heavy atom. The molecule has 1 aromatic carbocycles. The highest BCUT2D eigenvalue weighted by molar-refractivity contribution is 7.89. The second-order valence-electron chi connectivity index (χ2n) is 6.41. The number of hydrogen-bond acceptors (Lipinski definition) is 7. The number of nitro benzene ring substituents is 1. The van der Waals surface area contributed by atoms with E-state index in [9.17, 15) is 18.5 Å². The third-order valence-electron chi connectivity index (χ3n) is 4.76. The topological polar surface area (TPSA) is 134 Å². The number of nitrogens with one attached hydrogen (secondary N) is 1. The number of nitrogens with two attached hydrogens (primary N) is 1. The van der Waals surface area contributed by atoms with Gasteiger partial charge in [-0.15, -0.1) is 0 Å². The van der Waals surface area contributed by atoms with Gasteiger partial charge in [-0.1, -0.05) is 0 Å². The molecule has 138 valence electrons. The van der Waals surface area contributed by atoms with Crippen molar-refractivity contribution < 1.29 is 22.8 Å². The Hall–Kier alpha value is -1.75. The molecule has 0 bridgehead atoms. The zero-order chi connectivity index (χ0) is 18.1. The maximum Gasteiger partial charge on any atom is 0.293 e. The lowest BCUT2D eigenvalue weighted by atomic mass is 9.85. The van der Waals surface area contributed by atoms with Crippen LogP contribution in [0.3, 0.4) is 0 Å². The highest BCUT2D eigenvalue weighted by Gasteiger charge is 2.40. The summed E-state index contributed by atoms with van der Waals surface area (Å²) in [5.74, 6) is -0.0875. The van der Waals surface area contributed by atoms with Gasteiger partial charge in [0.2, 0.25) is 10.0 Å². The minimum Gasteiger partial charge on any atom is -0.379 e. The number of sulfonamides is 1. The number of ether oxygens (including phenoxy) is 2. The van der Waals surface area contributed by atoms with Gasteiger partial charge in [-0.05, 0) is 30.9 Å². The molecule has 0 aromatic heterocycles. The smallest absolute Gasteiger partial charge is 0.293 e. The van der Waals surface area contributed by atoms with Crippen LogP contribution in [0.2, 0.25) is 0 Å². The van der Waals surface area contributed by atoms with E-state index in [-0.39, 0.29) is 16.3 Å². The van der Waals surface area contributed by atoms with E-state index in [0.717, 1.165) is 31.7 Å². The number of rotatable bonds is 5. The molecular formula is C15H21N3O6S. The van der Waals surface area contributed by atoms with Gasteiger partial charge in [-0.25, -0.2) is 13.6 Å². The van der Waals surface area contributed by atoms with E-state index < -0.39 is 20.7 Å². The molecule has 1 spiro atoms. The van der Waals surface area contributed by atoms with Crippen LogP contribution in [0.25, 0.3) is 0 Å². The molecule has 0 atom stereocenters. The molecule has 10 heteroatoms. The maximum absolute atomic E-state index is 11.4. The van der Waals surface area contributed by atoms with Crippen molar-refractivity contribution in [3.8, 4) is 0 Å². The van der Waals surface area contributed by atoms with Gasteiger partial charge >= 0.3 is 0 Å². The number of anilines is 1. The highest BCUT2D eigenvalue weighted by Crippen LogP contribution is 2.38. The molecule has 0 amide bonds. The number of nitrogens with zero attached hydrogens (tertiary/aromatic N) is 1. The summed E-state index contributed by atoms with van der Waals surface area (Å²) in [4.78, 5) is 10.3. The van der Waals surface area contributed by atoms with Gasteiger partial charge in [-0.3, -0.25) is 10.1 Å². The van der Waals surface area contributed by atoms with E-state index in [1.54, 1.807) is 0 Å². The molecule has 1 aliphatic carbocycles. The quantitative estimate of drug-likeness (QED) is 0.593. The first-order valence-corrected chi connectivity index (χ1v) is 9.67. The van der Waals surface area contributed by atoms with E-state index in [2.05, 4.69) is 5.32 Å². The van der Waals surface area contributed by atoms with Gasteiger partial charge in [0.25, 0.3) is 5.69 Å². The average molecular weight is 371 g/mol. The number of primary sulfonamides is 1. The lowest BCUT2D eigenvalue weighted by Crippen LogP contribution is -2.36. The first kappa shape index (κ1) is 18.1. The van der Waals surface area contributed by atoms with Crippen LogP contribution in [-0.4, -0.2) is 38.9 Å². The largest absolute Gasteiger partial charge is 0.379 e. The summed E-state index contributed by atoms with van der Waals surface area (Å²) in [5, 5.41) is 19.3. The fourth-order valence-corrected chi connectivity index (χ4v) is 3.88. The molecule has 0 radical (unpaired) electrons. The zero-order valence-electron chi connectivity index (χ0n) is 13.6. The minimum atomic E-state index is -3.98. The summed E-state index contributed by atoms with van der Waals surface area (Å²) in [6.07, 6.45) is 3.42. The van der Waals surface area contributed by atoms with Gasteiger partial charge < -0.3 is 14.8 Å². The van der Waals surface area contributed by atoms with Gasteiger partial charge in [-0.2, -0.15) is 0 Å². The van der Waals surface area contributed by atoms with Crippen LogP contribution in [0, 0.1) is 16.0 Å². The Bertz CT molecular complexity index is 751. The van der Waals surface area contributed by atoms with Crippen LogP contribution < -0.4 is 10.5 Å². The Morgan fingerprint density at radius 1 is 1.28 bits per heavy atom. The zero-order valence-corrected chi connectivity index (χ0v) is 14.5. The molecule has 3 rings (SSSR count). The van der Waals surface area contributed by atoms with Gasteiger partial charge in [0.05, 0.1) is 23.0 Å². The summed E-state index contributed by atoms with van der Waals surface area (Å²) in [6, 6.07) is 3.62.